The Hall–Kier alpha value is -1.27. The van der Waals surface area contributed by atoms with Gasteiger partial charge in [-0.1, -0.05) is 37.3 Å². The topological polar surface area (TPSA) is 39.6 Å². The Morgan fingerprint density at radius 2 is 1.92 bits per heavy atom. The molecule has 1 unspecified atom stereocenters. The molecule has 5 heteroatoms. The molecule has 1 aromatic heterocycles. The zero-order chi connectivity index (χ0) is 16.8. The molecule has 2 heterocycles. The van der Waals surface area contributed by atoms with Gasteiger partial charge in [0.2, 0.25) is 0 Å². The number of nitrogens with zero attached hydrogens (tertiary/aromatic N) is 3. The van der Waals surface area contributed by atoms with Crippen molar-refractivity contribution in [2.75, 3.05) is 32.8 Å². The predicted octanol–water partition coefficient (Wildman–Crippen LogP) is 2.62. The normalized spacial score (nSPS) is 17.9. The lowest BCUT2D eigenvalue weighted by Gasteiger charge is -2.38. The molecule has 0 radical (unpaired) electrons. The van der Waals surface area contributed by atoms with Crippen molar-refractivity contribution < 1.29 is 5.11 Å². The maximum Gasteiger partial charge on any atom is 0.0972 e. The van der Waals surface area contributed by atoms with Crippen molar-refractivity contribution in [2.24, 2.45) is 0 Å². The van der Waals surface area contributed by atoms with Crippen LogP contribution in [0.2, 0.25) is 0 Å². The SMILES string of the molecule is CCC(CO)N1CCN(Cc2csc(Cc3ccccc3)n2)CC1. The average molecular weight is 346 g/mol. The first kappa shape index (κ1) is 17.5. The number of hydrogen-bond donors (Lipinski definition) is 1. The highest BCUT2D eigenvalue weighted by molar-refractivity contribution is 7.09. The second-order valence-corrected chi connectivity index (χ2v) is 7.39. The molecule has 1 aliphatic rings. The Morgan fingerprint density at radius 3 is 2.58 bits per heavy atom. The fraction of sp³-hybridized carbons (Fsp3) is 0.526. The van der Waals surface area contributed by atoms with E-state index in [9.17, 15) is 5.11 Å². The van der Waals surface area contributed by atoms with Crippen molar-refractivity contribution in [3.63, 3.8) is 0 Å². The molecule has 2 aromatic rings. The molecular weight excluding hydrogens is 318 g/mol. The third-order valence-electron chi connectivity index (χ3n) is 4.79. The highest BCUT2D eigenvalue weighted by atomic mass is 32.1. The van der Waals surface area contributed by atoms with Gasteiger partial charge in [0.05, 0.1) is 17.3 Å². The molecule has 3 rings (SSSR count). The van der Waals surface area contributed by atoms with Gasteiger partial charge < -0.3 is 5.11 Å². The van der Waals surface area contributed by atoms with Crippen molar-refractivity contribution in [1.82, 2.24) is 14.8 Å². The Bertz CT molecular complexity index is 604. The minimum Gasteiger partial charge on any atom is -0.395 e. The minimum atomic E-state index is 0.269. The smallest absolute Gasteiger partial charge is 0.0972 e. The molecular formula is C19H27N3OS. The van der Waals surface area contributed by atoms with Gasteiger partial charge in [0.1, 0.15) is 0 Å². The van der Waals surface area contributed by atoms with Crippen LogP contribution in [0.3, 0.4) is 0 Å². The molecule has 24 heavy (non-hydrogen) atoms. The molecule has 0 aliphatic carbocycles. The molecule has 4 nitrogen and oxygen atoms in total. The van der Waals surface area contributed by atoms with E-state index in [0.717, 1.165) is 45.6 Å². The minimum absolute atomic E-state index is 0.269. The van der Waals surface area contributed by atoms with E-state index in [2.05, 4.69) is 52.4 Å². The van der Waals surface area contributed by atoms with Gasteiger partial charge in [0, 0.05) is 50.6 Å². The first-order chi connectivity index (χ1) is 11.8. The Kier molecular flexibility index (Phi) is 6.37. The molecule has 130 valence electrons. The zero-order valence-corrected chi connectivity index (χ0v) is 15.2. The Morgan fingerprint density at radius 1 is 1.17 bits per heavy atom. The van der Waals surface area contributed by atoms with Gasteiger partial charge in [-0.15, -0.1) is 11.3 Å². The molecule has 1 fully saturated rings. The van der Waals surface area contributed by atoms with Gasteiger partial charge in [-0.05, 0) is 12.0 Å². The first-order valence-electron chi connectivity index (χ1n) is 8.83. The number of aromatic nitrogens is 1. The highest BCUT2D eigenvalue weighted by Crippen LogP contribution is 2.17. The second-order valence-electron chi connectivity index (χ2n) is 6.45. The van der Waals surface area contributed by atoms with Crippen molar-refractivity contribution >= 4 is 11.3 Å². The number of rotatable bonds is 7. The van der Waals surface area contributed by atoms with Crippen molar-refractivity contribution in [1.29, 1.82) is 0 Å². The van der Waals surface area contributed by atoms with Crippen LogP contribution in [0.4, 0.5) is 0 Å². The van der Waals surface area contributed by atoms with Crippen LogP contribution in [0.5, 0.6) is 0 Å². The average Bonchev–Trinajstić information content (AvgIpc) is 3.05. The molecule has 0 spiro atoms. The summed E-state index contributed by atoms with van der Waals surface area (Å²) in [5.74, 6) is 0. The van der Waals surface area contributed by atoms with Crippen LogP contribution in [0.15, 0.2) is 35.7 Å². The van der Waals surface area contributed by atoms with Crippen molar-refractivity contribution in [2.45, 2.75) is 32.4 Å². The Balaban J connectivity index is 1.49. The van der Waals surface area contributed by atoms with Crippen LogP contribution in [0.25, 0.3) is 0 Å². The van der Waals surface area contributed by atoms with E-state index in [1.807, 2.05) is 0 Å². The van der Waals surface area contributed by atoms with Gasteiger partial charge in [-0.3, -0.25) is 9.80 Å². The summed E-state index contributed by atoms with van der Waals surface area (Å²) in [6.45, 7) is 7.56. The number of aliphatic hydroxyl groups excluding tert-OH is 1. The number of hydrogen-bond acceptors (Lipinski definition) is 5. The van der Waals surface area contributed by atoms with Gasteiger partial charge in [0.25, 0.3) is 0 Å². The molecule has 0 bridgehead atoms. The fourth-order valence-electron chi connectivity index (χ4n) is 3.29. The van der Waals surface area contributed by atoms with Crippen LogP contribution < -0.4 is 0 Å². The monoisotopic (exact) mass is 345 g/mol. The van der Waals surface area contributed by atoms with Gasteiger partial charge in [-0.25, -0.2) is 4.98 Å². The van der Waals surface area contributed by atoms with E-state index in [1.54, 1.807) is 11.3 Å². The summed E-state index contributed by atoms with van der Waals surface area (Å²) in [7, 11) is 0. The quantitative estimate of drug-likeness (QED) is 0.837. The van der Waals surface area contributed by atoms with Gasteiger partial charge >= 0.3 is 0 Å². The van der Waals surface area contributed by atoms with Crippen LogP contribution in [0.1, 0.15) is 29.6 Å². The maximum absolute atomic E-state index is 9.44. The fourth-order valence-corrected chi connectivity index (χ4v) is 4.11. The second kappa shape index (κ2) is 8.72. The number of piperazine rings is 1. The first-order valence-corrected chi connectivity index (χ1v) is 9.71. The maximum atomic E-state index is 9.44. The van der Waals surface area contributed by atoms with Crippen LogP contribution in [0, 0.1) is 0 Å². The standard InChI is InChI=1S/C19H27N3OS/c1-2-18(14-23)22-10-8-21(9-11-22)13-17-15-24-19(20-17)12-16-6-4-3-5-7-16/h3-7,15,18,23H,2,8-14H2,1H3. The summed E-state index contributed by atoms with van der Waals surface area (Å²) in [6.07, 6.45) is 1.94. The third kappa shape index (κ3) is 4.63. The van der Waals surface area contributed by atoms with Gasteiger partial charge in [-0.2, -0.15) is 0 Å². The highest BCUT2D eigenvalue weighted by Gasteiger charge is 2.22. The molecule has 1 aromatic carbocycles. The summed E-state index contributed by atoms with van der Waals surface area (Å²) in [5.41, 5.74) is 2.51. The lowest BCUT2D eigenvalue weighted by atomic mass is 10.1. The summed E-state index contributed by atoms with van der Waals surface area (Å²) in [6, 6.07) is 10.9. The van der Waals surface area contributed by atoms with E-state index in [4.69, 9.17) is 4.98 Å². The molecule has 1 saturated heterocycles. The molecule has 1 aliphatic heterocycles. The zero-order valence-electron chi connectivity index (χ0n) is 14.4. The lowest BCUT2D eigenvalue weighted by Crippen LogP contribution is -2.50. The van der Waals surface area contributed by atoms with Crippen LogP contribution in [-0.2, 0) is 13.0 Å². The summed E-state index contributed by atoms with van der Waals surface area (Å²) < 4.78 is 0. The molecule has 0 amide bonds. The molecule has 1 N–H and O–H groups in total. The summed E-state index contributed by atoms with van der Waals surface area (Å²) in [5, 5.41) is 12.8. The van der Waals surface area contributed by atoms with E-state index in [1.165, 1.54) is 16.3 Å². The third-order valence-corrected chi connectivity index (χ3v) is 5.69. The largest absolute Gasteiger partial charge is 0.395 e. The van der Waals surface area contributed by atoms with Crippen molar-refractivity contribution in [3.05, 3.63) is 52.0 Å². The van der Waals surface area contributed by atoms with E-state index >= 15 is 0 Å². The number of thiazole rings is 1. The number of aliphatic hydroxyl groups is 1. The lowest BCUT2D eigenvalue weighted by molar-refractivity contribution is 0.0604. The van der Waals surface area contributed by atoms with Crippen LogP contribution >= 0.6 is 11.3 Å². The predicted molar refractivity (Wildman–Crippen MR) is 99.4 cm³/mol. The van der Waals surface area contributed by atoms with Crippen molar-refractivity contribution in [3.8, 4) is 0 Å². The summed E-state index contributed by atoms with van der Waals surface area (Å²) in [4.78, 5) is 9.70. The van der Waals surface area contributed by atoms with E-state index in [-0.39, 0.29) is 6.61 Å². The van der Waals surface area contributed by atoms with E-state index in [0.29, 0.717) is 6.04 Å². The van der Waals surface area contributed by atoms with Gasteiger partial charge in [0.15, 0.2) is 0 Å². The molecule has 1 atom stereocenters. The number of benzene rings is 1. The Labute approximate surface area is 148 Å². The van der Waals surface area contributed by atoms with E-state index < -0.39 is 0 Å². The summed E-state index contributed by atoms with van der Waals surface area (Å²) >= 11 is 1.76. The molecule has 0 saturated carbocycles. The van der Waals surface area contributed by atoms with Crippen LogP contribution in [-0.4, -0.2) is 58.7 Å².